The second-order valence-electron chi connectivity index (χ2n) is 4.84. The summed E-state index contributed by atoms with van der Waals surface area (Å²) in [5, 5.41) is 2.82. The van der Waals surface area contributed by atoms with Crippen molar-refractivity contribution in [1.82, 2.24) is 9.88 Å². The summed E-state index contributed by atoms with van der Waals surface area (Å²) in [5.41, 5.74) is 6.78. The number of amides is 1. The van der Waals surface area contributed by atoms with E-state index in [0.29, 0.717) is 24.0 Å². The van der Waals surface area contributed by atoms with Gasteiger partial charge < -0.3 is 15.6 Å². The minimum Gasteiger partial charge on any atom is -0.374 e. The number of hydrogen-bond acceptors (Lipinski definition) is 2. The van der Waals surface area contributed by atoms with Gasteiger partial charge in [0.15, 0.2) is 5.29 Å². The van der Waals surface area contributed by atoms with E-state index < -0.39 is 0 Å². The lowest BCUT2D eigenvalue weighted by Crippen LogP contribution is -2.40. The van der Waals surface area contributed by atoms with Crippen LogP contribution in [-0.2, 0) is 0 Å². The Morgan fingerprint density at radius 3 is 2.95 bits per heavy atom. The van der Waals surface area contributed by atoms with Crippen LogP contribution in [0.5, 0.6) is 0 Å². The number of nitrogens with two attached hydrogens (primary N) is 1. The number of carbonyl (C=O) groups is 1. The third-order valence-corrected chi connectivity index (χ3v) is 3.36. The van der Waals surface area contributed by atoms with Crippen LogP contribution in [0.25, 0.3) is 6.08 Å². The number of hydrogen-bond donors (Lipinski definition) is 2. The largest absolute Gasteiger partial charge is 0.374 e. The van der Waals surface area contributed by atoms with Gasteiger partial charge in [-0.1, -0.05) is 26.5 Å². The molecule has 1 aromatic heterocycles. The molecule has 0 fully saturated rings. The van der Waals surface area contributed by atoms with Crippen molar-refractivity contribution in [2.24, 2.45) is 16.6 Å². The SMILES string of the molecule is C=Cc1cc2n(c1/N=C(\N)Cl)[C@H](C(C)C)CNC2=O. The molecule has 5 nitrogen and oxygen atoms in total. The van der Waals surface area contributed by atoms with Crippen molar-refractivity contribution in [2.45, 2.75) is 19.9 Å². The van der Waals surface area contributed by atoms with E-state index in [1.807, 2.05) is 4.57 Å². The van der Waals surface area contributed by atoms with Gasteiger partial charge in [0.25, 0.3) is 5.91 Å². The zero-order chi connectivity index (χ0) is 14.2. The molecule has 0 radical (unpaired) electrons. The Morgan fingerprint density at radius 1 is 1.74 bits per heavy atom. The molecular weight excluding hydrogens is 264 g/mol. The fourth-order valence-electron chi connectivity index (χ4n) is 2.33. The first-order chi connectivity index (χ1) is 8.95. The van der Waals surface area contributed by atoms with Gasteiger partial charge in [-0.15, -0.1) is 0 Å². The van der Waals surface area contributed by atoms with Crippen LogP contribution in [0.15, 0.2) is 17.6 Å². The number of nitrogens with one attached hydrogen (secondary N) is 1. The third-order valence-electron chi connectivity index (χ3n) is 3.28. The normalized spacial score (nSPS) is 19.3. The zero-order valence-electron chi connectivity index (χ0n) is 11.0. The van der Waals surface area contributed by atoms with E-state index >= 15 is 0 Å². The summed E-state index contributed by atoms with van der Waals surface area (Å²) in [6.45, 7) is 8.50. The molecule has 6 heteroatoms. The first kappa shape index (κ1) is 13.7. The third kappa shape index (κ3) is 2.38. The second-order valence-corrected chi connectivity index (χ2v) is 5.23. The van der Waals surface area contributed by atoms with Crippen LogP contribution in [0.2, 0.25) is 0 Å². The fourth-order valence-corrected chi connectivity index (χ4v) is 2.41. The van der Waals surface area contributed by atoms with Crippen LogP contribution in [0.3, 0.4) is 0 Å². The maximum absolute atomic E-state index is 11.9. The van der Waals surface area contributed by atoms with Crippen LogP contribution in [0, 0.1) is 5.92 Å². The number of aliphatic imine (C=N–C) groups is 1. The van der Waals surface area contributed by atoms with E-state index in [1.54, 1.807) is 12.1 Å². The summed E-state index contributed by atoms with van der Waals surface area (Å²) in [4.78, 5) is 16.1. The minimum atomic E-state index is -0.116. The topological polar surface area (TPSA) is 72.4 Å². The summed E-state index contributed by atoms with van der Waals surface area (Å²) < 4.78 is 1.90. The highest BCUT2D eigenvalue weighted by Crippen LogP contribution is 2.34. The molecule has 102 valence electrons. The molecule has 0 bridgehead atoms. The molecule has 1 amide bonds. The van der Waals surface area contributed by atoms with Crippen molar-refractivity contribution < 1.29 is 4.79 Å². The highest BCUT2D eigenvalue weighted by molar-refractivity contribution is 6.64. The van der Waals surface area contributed by atoms with E-state index in [2.05, 4.69) is 30.7 Å². The number of halogens is 1. The Labute approximate surface area is 117 Å². The van der Waals surface area contributed by atoms with E-state index in [4.69, 9.17) is 17.3 Å². The number of rotatable bonds is 3. The molecule has 3 N–H and O–H groups in total. The van der Waals surface area contributed by atoms with Crippen LogP contribution in [-0.4, -0.2) is 22.3 Å². The van der Waals surface area contributed by atoms with E-state index in [-0.39, 0.29) is 17.2 Å². The number of fused-ring (bicyclic) bond motifs is 1. The Balaban J connectivity index is 2.69. The molecule has 1 aromatic rings. The lowest BCUT2D eigenvalue weighted by molar-refractivity contribution is 0.0906. The van der Waals surface area contributed by atoms with Gasteiger partial charge in [-0.25, -0.2) is 4.99 Å². The van der Waals surface area contributed by atoms with E-state index in [9.17, 15) is 4.79 Å². The van der Waals surface area contributed by atoms with Gasteiger partial charge in [0.1, 0.15) is 11.5 Å². The molecule has 0 saturated heterocycles. The molecule has 0 aliphatic carbocycles. The summed E-state index contributed by atoms with van der Waals surface area (Å²) in [6.07, 6.45) is 1.65. The predicted octanol–water partition coefficient (Wildman–Crippen LogP) is 2.26. The van der Waals surface area contributed by atoms with Gasteiger partial charge in [-0.2, -0.15) is 0 Å². The summed E-state index contributed by atoms with van der Waals surface area (Å²) >= 11 is 5.68. The number of carbonyl (C=O) groups excluding carboxylic acids is 1. The number of aromatic nitrogens is 1. The van der Waals surface area contributed by atoms with Gasteiger partial charge in [0.05, 0.1) is 6.04 Å². The van der Waals surface area contributed by atoms with Crippen molar-refractivity contribution in [3.8, 4) is 0 Å². The van der Waals surface area contributed by atoms with Crippen LogP contribution < -0.4 is 11.1 Å². The van der Waals surface area contributed by atoms with Crippen molar-refractivity contribution in [1.29, 1.82) is 0 Å². The van der Waals surface area contributed by atoms with Crippen LogP contribution in [0.4, 0.5) is 5.82 Å². The smallest absolute Gasteiger partial charge is 0.268 e. The minimum absolute atomic E-state index is 0.0579. The summed E-state index contributed by atoms with van der Waals surface area (Å²) in [5.74, 6) is 0.815. The maximum Gasteiger partial charge on any atom is 0.268 e. The fraction of sp³-hybridized carbons (Fsp3) is 0.385. The molecule has 2 rings (SSSR count). The lowest BCUT2D eigenvalue weighted by Gasteiger charge is -2.30. The van der Waals surface area contributed by atoms with Crippen molar-refractivity contribution in [3.63, 3.8) is 0 Å². The molecule has 1 aliphatic rings. The van der Waals surface area contributed by atoms with Crippen molar-refractivity contribution in [2.75, 3.05) is 6.54 Å². The average molecular weight is 281 g/mol. The highest BCUT2D eigenvalue weighted by atomic mass is 35.5. The molecule has 2 heterocycles. The zero-order valence-corrected chi connectivity index (χ0v) is 11.7. The standard InChI is InChI=1S/C13H17ClN4O/c1-4-8-5-9-12(19)16-6-10(7(2)3)18(9)11(8)17-13(14)15/h4-5,7,10H,1,6H2,2-3H3,(H2,15,17)(H,16,19)/t10-/m0/s1. The van der Waals surface area contributed by atoms with Gasteiger partial charge in [0.2, 0.25) is 0 Å². The monoisotopic (exact) mass is 280 g/mol. The first-order valence-corrected chi connectivity index (χ1v) is 6.49. The van der Waals surface area contributed by atoms with Gasteiger partial charge in [-0.3, -0.25) is 4.79 Å². The Kier molecular flexibility index (Phi) is 3.66. The van der Waals surface area contributed by atoms with Crippen molar-refractivity contribution in [3.05, 3.63) is 23.9 Å². The van der Waals surface area contributed by atoms with Crippen molar-refractivity contribution >= 4 is 34.7 Å². The van der Waals surface area contributed by atoms with E-state index in [1.165, 1.54) is 0 Å². The van der Waals surface area contributed by atoms with Crippen LogP contribution in [0.1, 0.15) is 35.9 Å². The Bertz CT molecular complexity index is 555. The predicted molar refractivity (Wildman–Crippen MR) is 77.9 cm³/mol. The maximum atomic E-state index is 11.9. The quantitative estimate of drug-likeness (QED) is 0.506. The Morgan fingerprint density at radius 2 is 2.42 bits per heavy atom. The highest BCUT2D eigenvalue weighted by Gasteiger charge is 2.30. The lowest BCUT2D eigenvalue weighted by atomic mass is 10.0. The van der Waals surface area contributed by atoms with Gasteiger partial charge in [0, 0.05) is 12.1 Å². The second kappa shape index (κ2) is 5.09. The summed E-state index contributed by atoms with van der Waals surface area (Å²) in [6, 6.07) is 1.88. The summed E-state index contributed by atoms with van der Waals surface area (Å²) in [7, 11) is 0. The number of amidine groups is 1. The molecule has 1 atom stereocenters. The number of nitrogens with zero attached hydrogens (tertiary/aromatic N) is 2. The van der Waals surface area contributed by atoms with Gasteiger partial charge >= 0.3 is 0 Å². The molecular formula is C13H17ClN4O. The Hall–Kier alpha value is -1.75. The molecule has 1 aliphatic heterocycles. The van der Waals surface area contributed by atoms with E-state index in [0.717, 1.165) is 5.56 Å². The molecule has 0 spiro atoms. The average Bonchev–Trinajstić information content (AvgIpc) is 2.68. The molecule has 19 heavy (non-hydrogen) atoms. The van der Waals surface area contributed by atoms with Gasteiger partial charge in [-0.05, 0) is 23.6 Å². The molecule has 0 saturated carbocycles. The van der Waals surface area contributed by atoms with Crippen LogP contribution >= 0.6 is 11.6 Å². The molecule has 0 aromatic carbocycles. The first-order valence-electron chi connectivity index (χ1n) is 6.11. The molecule has 0 unspecified atom stereocenters.